The van der Waals surface area contributed by atoms with E-state index in [2.05, 4.69) is 4.98 Å². The van der Waals surface area contributed by atoms with Crippen LogP contribution in [0.15, 0.2) is 41.5 Å². The summed E-state index contributed by atoms with van der Waals surface area (Å²) < 4.78 is 1.27. The molecule has 2 aromatic rings. The molecule has 0 amide bonds. The number of rotatable bonds is 3. The minimum absolute atomic E-state index is 0.120. The Kier molecular flexibility index (Phi) is 3.43. The molecule has 1 aromatic carbocycles. The fourth-order valence-corrected chi connectivity index (χ4v) is 1.76. The zero-order valence-electron chi connectivity index (χ0n) is 9.21. The second-order valence-electron chi connectivity index (χ2n) is 3.64. The first-order valence-corrected chi connectivity index (χ1v) is 5.49. The molecule has 0 atom stereocenters. The van der Waals surface area contributed by atoms with E-state index in [9.17, 15) is 9.59 Å². The van der Waals surface area contributed by atoms with Crippen molar-refractivity contribution in [2.45, 2.75) is 6.54 Å². The zero-order chi connectivity index (χ0) is 13.1. The first-order valence-electron chi connectivity index (χ1n) is 5.11. The first-order chi connectivity index (χ1) is 8.58. The third-order valence-corrected chi connectivity index (χ3v) is 2.61. The van der Waals surface area contributed by atoms with Crippen LogP contribution in [0.25, 0.3) is 0 Å². The lowest BCUT2D eigenvalue weighted by atomic mass is 10.1. The molecule has 6 heteroatoms. The van der Waals surface area contributed by atoms with E-state index >= 15 is 0 Å². The van der Waals surface area contributed by atoms with Crippen LogP contribution in [0.4, 0.5) is 0 Å². The standard InChI is InChI=1S/C12H9ClN2O3/c13-9-5-14-12(18)15(7-9)6-8-3-1-2-4-10(8)11(16)17/h1-5,7H,6H2,(H,16,17). The highest BCUT2D eigenvalue weighted by molar-refractivity contribution is 6.30. The molecule has 0 unspecified atom stereocenters. The van der Waals surface area contributed by atoms with Gasteiger partial charge in [-0.3, -0.25) is 4.57 Å². The van der Waals surface area contributed by atoms with Crippen LogP contribution in [-0.2, 0) is 6.54 Å². The Hall–Kier alpha value is -2.14. The summed E-state index contributed by atoms with van der Waals surface area (Å²) in [6.07, 6.45) is 2.68. The lowest BCUT2D eigenvalue weighted by Gasteiger charge is -2.08. The second-order valence-corrected chi connectivity index (χ2v) is 4.08. The van der Waals surface area contributed by atoms with E-state index in [1.54, 1.807) is 18.2 Å². The third kappa shape index (κ3) is 2.57. The Morgan fingerprint density at radius 2 is 2.11 bits per heavy atom. The molecule has 0 radical (unpaired) electrons. The van der Waals surface area contributed by atoms with E-state index in [4.69, 9.17) is 16.7 Å². The van der Waals surface area contributed by atoms with Crippen LogP contribution >= 0.6 is 11.6 Å². The van der Waals surface area contributed by atoms with E-state index in [0.717, 1.165) is 0 Å². The molecular formula is C12H9ClN2O3. The van der Waals surface area contributed by atoms with Gasteiger partial charge < -0.3 is 5.11 Å². The van der Waals surface area contributed by atoms with Crippen LogP contribution in [0.3, 0.4) is 0 Å². The highest BCUT2D eigenvalue weighted by Gasteiger charge is 2.10. The normalized spacial score (nSPS) is 10.3. The largest absolute Gasteiger partial charge is 0.478 e. The van der Waals surface area contributed by atoms with E-state index in [1.807, 2.05) is 0 Å². The van der Waals surface area contributed by atoms with Crippen molar-refractivity contribution in [3.63, 3.8) is 0 Å². The predicted octanol–water partition coefficient (Wildman–Crippen LogP) is 1.64. The molecule has 0 fully saturated rings. The number of carboxylic acid groups (broad SMARTS) is 1. The zero-order valence-corrected chi connectivity index (χ0v) is 9.96. The second kappa shape index (κ2) is 5.01. The molecule has 0 saturated heterocycles. The number of benzene rings is 1. The van der Waals surface area contributed by atoms with Crippen molar-refractivity contribution < 1.29 is 9.90 Å². The van der Waals surface area contributed by atoms with Crippen LogP contribution in [-0.4, -0.2) is 20.6 Å². The van der Waals surface area contributed by atoms with Gasteiger partial charge in [0.15, 0.2) is 0 Å². The Labute approximate surface area is 107 Å². The summed E-state index contributed by atoms with van der Waals surface area (Å²) in [5.74, 6) is -1.03. The number of hydrogen-bond acceptors (Lipinski definition) is 3. The minimum Gasteiger partial charge on any atom is -0.478 e. The van der Waals surface area contributed by atoms with Crippen LogP contribution in [0.5, 0.6) is 0 Å². The van der Waals surface area contributed by atoms with Gasteiger partial charge in [-0.05, 0) is 11.6 Å². The molecule has 0 aliphatic rings. The molecule has 18 heavy (non-hydrogen) atoms. The average Bonchev–Trinajstić information content (AvgIpc) is 2.34. The van der Waals surface area contributed by atoms with Crippen LogP contribution in [0, 0.1) is 0 Å². The molecule has 1 aromatic heterocycles. The fourth-order valence-electron chi connectivity index (χ4n) is 1.59. The van der Waals surface area contributed by atoms with Crippen LogP contribution in [0.1, 0.15) is 15.9 Å². The van der Waals surface area contributed by atoms with E-state index in [-0.39, 0.29) is 12.1 Å². The number of nitrogens with zero attached hydrogens (tertiary/aromatic N) is 2. The molecule has 1 heterocycles. The number of halogens is 1. The molecule has 0 bridgehead atoms. The third-order valence-electron chi connectivity index (χ3n) is 2.41. The van der Waals surface area contributed by atoms with Gasteiger partial charge in [-0.15, -0.1) is 0 Å². The number of aromatic carboxylic acids is 1. The van der Waals surface area contributed by atoms with Crippen molar-refractivity contribution in [1.82, 2.24) is 9.55 Å². The average molecular weight is 265 g/mol. The maximum Gasteiger partial charge on any atom is 0.347 e. The maximum atomic E-state index is 11.5. The molecule has 0 saturated carbocycles. The smallest absolute Gasteiger partial charge is 0.347 e. The van der Waals surface area contributed by atoms with Crippen molar-refractivity contribution in [1.29, 1.82) is 0 Å². The fraction of sp³-hybridized carbons (Fsp3) is 0.0833. The first kappa shape index (κ1) is 12.3. The summed E-state index contributed by atoms with van der Waals surface area (Å²) in [5.41, 5.74) is 0.208. The topological polar surface area (TPSA) is 72.2 Å². The minimum atomic E-state index is -1.03. The van der Waals surface area contributed by atoms with Gasteiger partial charge in [0.2, 0.25) is 0 Å². The summed E-state index contributed by atoms with van der Waals surface area (Å²) in [6.45, 7) is 0.120. The molecular weight excluding hydrogens is 256 g/mol. The highest BCUT2D eigenvalue weighted by Crippen LogP contribution is 2.11. The van der Waals surface area contributed by atoms with Crippen molar-refractivity contribution in [3.05, 3.63) is 63.3 Å². The van der Waals surface area contributed by atoms with Crippen molar-refractivity contribution in [2.75, 3.05) is 0 Å². The van der Waals surface area contributed by atoms with Gasteiger partial charge in [0.25, 0.3) is 0 Å². The van der Waals surface area contributed by atoms with Gasteiger partial charge in [0, 0.05) is 6.20 Å². The van der Waals surface area contributed by atoms with Crippen molar-refractivity contribution in [3.8, 4) is 0 Å². The summed E-state index contributed by atoms with van der Waals surface area (Å²) in [6, 6.07) is 6.48. The monoisotopic (exact) mass is 264 g/mol. The van der Waals surface area contributed by atoms with Crippen molar-refractivity contribution >= 4 is 17.6 Å². The molecule has 2 rings (SSSR count). The van der Waals surface area contributed by atoms with E-state index in [0.29, 0.717) is 10.6 Å². The van der Waals surface area contributed by atoms with Gasteiger partial charge in [0.1, 0.15) is 0 Å². The number of carboxylic acids is 1. The maximum absolute atomic E-state index is 11.5. The Bertz CT molecular complexity index is 652. The quantitative estimate of drug-likeness (QED) is 0.915. The number of aromatic nitrogens is 2. The summed E-state index contributed by atoms with van der Waals surface area (Å²) >= 11 is 5.75. The Balaban J connectivity index is 2.43. The lowest BCUT2D eigenvalue weighted by Crippen LogP contribution is -2.23. The molecule has 1 N–H and O–H groups in total. The van der Waals surface area contributed by atoms with Crippen molar-refractivity contribution in [2.24, 2.45) is 0 Å². The van der Waals surface area contributed by atoms with Gasteiger partial charge in [-0.25, -0.2) is 14.6 Å². The van der Waals surface area contributed by atoms with Crippen LogP contribution < -0.4 is 5.69 Å². The van der Waals surface area contributed by atoms with Gasteiger partial charge in [-0.2, -0.15) is 0 Å². The summed E-state index contributed by atoms with van der Waals surface area (Å²) in [4.78, 5) is 26.1. The SMILES string of the molecule is O=C(O)c1ccccc1Cn1cc(Cl)cnc1=O. The molecule has 92 valence electrons. The number of hydrogen-bond donors (Lipinski definition) is 1. The predicted molar refractivity (Wildman–Crippen MR) is 66.0 cm³/mol. The van der Waals surface area contributed by atoms with E-state index in [1.165, 1.54) is 23.0 Å². The van der Waals surface area contributed by atoms with Gasteiger partial charge >= 0.3 is 11.7 Å². The van der Waals surface area contributed by atoms with E-state index < -0.39 is 11.7 Å². The Morgan fingerprint density at radius 1 is 1.39 bits per heavy atom. The molecule has 0 aliphatic carbocycles. The Morgan fingerprint density at radius 3 is 2.83 bits per heavy atom. The molecule has 5 nitrogen and oxygen atoms in total. The van der Waals surface area contributed by atoms with Gasteiger partial charge in [-0.1, -0.05) is 29.8 Å². The summed E-state index contributed by atoms with van der Waals surface area (Å²) in [7, 11) is 0. The lowest BCUT2D eigenvalue weighted by molar-refractivity contribution is 0.0695. The van der Waals surface area contributed by atoms with Crippen LogP contribution in [0.2, 0.25) is 5.02 Å². The molecule has 0 aliphatic heterocycles. The number of carbonyl (C=O) groups is 1. The molecule has 0 spiro atoms. The highest BCUT2D eigenvalue weighted by atomic mass is 35.5. The summed E-state index contributed by atoms with van der Waals surface area (Å²) in [5, 5.41) is 9.36. The van der Waals surface area contributed by atoms with Gasteiger partial charge in [0.05, 0.1) is 23.3 Å².